The predicted octanol–water partition coefficient (Wildman–Crippen LogP) is 4.04. The van der Waals surface area contributed by atoms with Crippen LogP contribution < -0.4 is 9.64 Å². The van der Waals surface area contributed by atoms with Gasteiger partial charge in [-0.2, -0.15) is 0 Å². The van der Waals surface area contributed by atoms with Gasteiger partial charge in [0.25, 0.3) is 0 Å². The summed E-state index contributed by atoms with van der Waals surface area (Å²) in [4.78, 5) is 16.4. The zero-order chi connectivity index (χ0) is 19.4. The van der Waals surface area contributed by atoms with Crippen molar-refractivity contribution in [1.29, 1.82) is 0 Å². The fraction of sp³-hybridized carbons (Fsp3) is 0.667. The molecule has 1 aromatic rings. The van der Waals surface area contributed by atoms with Crippen molar-refractivity contribution in [3.05, 3.63) is 24.3 Å². The molecular formula is C21H32N2O4. The lowest BCUT2D eigenvalue weighted by molar-refractivity contribution is -0.105. The molecule has 0 aliphatic carbocycles. The van der Waals surface area contributed by atoms with Gasteiger partial charge < -0.3 is 24.0 Å². The van der Waals surface area contributed by atoms with E-state index in [1.165, 1.54) is 0 Å². The van der Waals surface area contributed by atoms with E-state index < -0.39 is 5.60 Å². The Labute approximate surface area is 162 Å². The van der Waals surface area contributed by atoms with Crippen LogP contribution in [0.3, 0.4) is 0 Å². The zero-order valence-corrected chi connectivity index (χ0v) is 16.9. The van der Waals surface area contributed by atoms with Crippen molar-refractivity contribution >= 4 is 11.8 Å². The van der Waals surface area contributed by atoms with Gasteiger partial charge in [-0.1, -0.05) is 0 Å². The van der Waals surface area contributed by atoms with E-state index in [0.29, 0.717) is 13.1 Å². The molecule has 0 spiro atoms. The third-order valence-electron chi connectivity index (χ3n) is 4.85. The number of rotatable bonds is 3. The Morgan fingerprint density at radius 1 is 1.15 bits per heavy atom. The second-order valence-corrected chi connectivity index (χ2v) is 8.38. The van der Waals surface area contributed by atoms with Crippen LogP contribution in [-0.4, -0.2) is 55.2 Å². The fourth-order valence-corrected chi connectivity index (χ4v) is 3.51. The minimum atomic E-state index is -0.463. The average molecular weight is 376 g/mol. The van der Waals surface area contributed by atoms with Crippen LogP contribution in [0.25, 0.3) is 0 Å². The number of carbonyl (C=O) groups excluding carboxylic acids is 1. The number of nitrogens with zero attached hydrogens (tertiary/aromatic N) is 2. The monoisotopic (exact) mass is 376 g/mol. The molecule has 2 aliphatic heterocycles. The molecule has 6 heteroatoms. The summed E-state index contributed by atoms with van der Waals surface area (Å²) >= 11 is 0. The molecule has 2 fully saturated rings. The van der Waals surface area contributed by atoms with Gasteiger partial charge in [-0.15, -0.1) is 0 Å². The summed E-state index contributed by atoms with van der Waals surface area (Å²) in [5.41, 5.74) is 0.679. The third kappa shape index (κ3) is 5.51. The number of carbonyl (C=O) groups is 1. The van der Waals surface area contributed by atoms with Crippen LogP contribution in [0, 0.1) is 0 Å². The van der Waals surface area contributed by atoms with E-state index in [9.17, 15) is 4.79 Å². The minimum absolute atomic E-state index is 0.124. The van der Waals surface area contributed by atoms with E-state index >= 15 is 0 Å². The Kier molecular flexibility index (Phi) is 6.15. The molecule has 3 rings (SSSR count). The smallest absolute Gasteiger partial charge is 0.410 e. The molecule has 0 bridgehead atoms. The van der Waals surface area contributed by atoms with Gasteiger partial charge in [-0.3, -0.25) is 0 Å². The maximum absolute atomic E-state index is 12.3. The highest BCUT2D eigenvalue weighted by Crippen LogP contribution is 2.26. The van der Waals surface area contributed by atoms with Crippen LogP contribution in [0.15, 0.2) is 24.3 Å². The summed E-state index contributed by atoms with van der Waals surface area (Å²) in [5, 5.41) is 0. The lowest BCUT2D eigenvalue weighted by atomic mass is 10.1. The van der Waals surface area contributed by atoms with Crippen molar-refractivity contribution in [2.75, 3.05) is 31.1 Å². The second kappa shape index (κ2) is 8.38. The van der Waals surface area contributed by atoms with Crippen LogP contribution in [0.4, 0.5) is 10.5 Å². The summed E-state index contributed by atoms with van der Waals surface area (Å²) in [5.74, 6) is 0.839. The lowest BCUT2D eigenvalue weighted by Gasteiger charge is -2.41. The molecule has 150 valence electrons. The first-order valence-electron chi connectivity index (χ1n) is 9.95. The maximum Gasteiger partial charge on any atom is 0.410 e. The van der Waals surface area contributed by atoms with Crippen LogP contribution in [0.5, 0.6) is 5.75 Å². The standard InChI is InChI=1S/C21H32N2O4/c1-16-15-22(20(24)27-21(2,3)4)12-13-23(16)17-8-10-18(11-9-17)26-19-7-5-6-14-25-19/h8-11,16,19H,5-7,12-15H2,1-4H3/t16-,19?/m0/s1. The summed E-state index contributed by atoms with van der Waals surface area (Å²) in [6, 6.07) is 8.38. The number of benzene rings is 1. The van der Waals surface area contributed by atoms with Crippen LogP contribution in [-0.2, 0) is 9.47 Å². The van der Waals surface area contributed by atoms with E-state index in [1.54, 1.807) is 4.90 Å². The Hall–Kier alpha value is -1.95. The van der Waals surface area contributed by atoms with Gasteiger partial charge in [0, 0.05) is 37.8 Å². The molecule has 0 N–H and O–H groups in total. The molecule has 27 heavy (non-hydrogen) atoms. The molecule has 1 unspecified atom stereocenters. The molecule has 1 aromatic carbocycles. The van der Waals surface area contributed by atoms with Crippen molar-refractivity contribution in [1.82, 2.24) is 4.90 Å². The van der Waals surface area contributed by atoms with Crippen molar-refractivity contribution in [2.24, 2.45) is 0 Å². The van der Waals surface area contributed by atoms with Gasteiger partial charge in [0.1, 0.15) is 11.4 Å². The van der Waals surface area contributed by atoms with Crippen molar-refractivity contribution in [2.45, 2.75) is 64.9 Å². The highest BCUT2D eigenvalue weighted by molar-refractivity contribution is 5.69. The predicted molar refractivity (Wildman–Crippen MR) is 105 cm³/mol. The third-order valence-corrected chi connectivity index (χ3v) is 4.85. The second-order valence-electron chi connectivity index (χ2n) is 8.38. The van der Waals surface area contributed by atoms with Gasteiger partial charge in [-0.05, 0) is 64.8 Å². The van der Waals surface area contributed by atoms with E-state index in [0.717, 1.165) is 43.9 Å². The molecule has 2 aliphatic rings. The molecule has 2 heterocycles. The topological polar surface area (TPSA) is 51.2 Å². The number of ether oxygens (including phenoxy) is 3. The first-order valence-corrected chi connectivity index (χ1v) is 9.95. The Bertz CT molecular complexity index is 620. The highest BCUT2D eigenvalue weighted by Gasteiger charge is 2.30. The molecule has 1 amide bonds. The van der Waals surface area contributed by atoms with Crippen molar-refractivity contribution in [3.63, 3.8) is 0 Å². The zero-order valence-electron chi connectivity index (χ0n) is 16.9. The molecule has 0 radical (unpaired) electrons. The van der Waals surface area contributed by atoms with Gasteiger partial charge in [-0.25, -0.2) is 4.79 Å². The SMILES string of the molecule is C[C@H]1CN(C(=O)OC(C)(C)C)CCN1c1ccc(OC2CCCCO2)cc1. The fourth-order valence-electron chi connectivity index (χ4n) is 3.51. The molecule has 2 atom stereocenters. The van der Waals surface area contributed by atoms with Gasteiger partial charge >= 0.3 is 6.09 Å². The van der Waals surface area contributed by atoms with Gasteiger partial charge in [0.05, 0.1) is 6.61 Å². The minimum Gasteiger partial charge on any atom is -0.465 e. The van der Waals surface area contributed by atoms with Crippen molar-refractivity contribution < 1.29 is 19.0 Å². The molecule has 6 nitrogen and oxygen atoms in total. The summed E-state index contributed by atoms with van der Waals surface area (Å²) in [6.45, 7) is 10.7. The van der Waals surface area contributed by atoms with Crippen LogP contribution in [0.1, 0.15) is 47.0 Å². The summed E-state index contributed by atoms with van der Waals surface area (Å²) in [6.07, 6.45) is 2.87. The average Bonchev–Trinajstić information content (AvgIpc) is 2.62. The van der Waals surface area contributed by atoms with Crippen LogP contribution >= 0.6 is 0 Å². The van der Waals surface area contributed by atoms with Crippen LogP contribution in [0.2, 0.25) is 0 Å². The normalized spacial score (nSPS) is 23.9. The number of anilines is 1. The quantitative estimate of drug-likeness (QED) is 0.797. The number of hydrogen-bond donors (Lipinski definition) is 0. The van der Waals surface area contributed by atoms with E-state index in [4.69, 9.17) is 14.2 Å². The Morgan fingerprint density at radius 2 is 1.89 bits per heavy atom. The summed E-state index contributed by atoms with van der Waals surface area (Å²) in [7, 11) is 0. The number of amides is 1. The molecule has 0 saturated carbocycles. The van der Waals surface area contributed by atoms with Crippen molar-refractivity contribution in [3.8, 4) is 5.75 Å². The van der Waals surface area contributed by atoms with E-state index in [2.05, 4.69) is 24.0 Å². The molecular weight excluding hydrogens is 344 g/mol. The first kappa shape index (κ1) is 19.8. The maximum atomic E-state index is 12.3. The van der Waals surface area contributed by atoms with E-state index in [-0.39, 0.29) is 18.4 Å². The number of hydrogen-bond acceptors (Lipinski definition) is 5. The first-order chi connectivity index (χ1) is 12.8. The van der Waals surface area contributed by atoms with Gasteiger partial charge in [0.2, 0.25) is 0 Å². The van der Waals surface area contributed by atoms with Gasteiger partial charge in [0.15, 0.2) is 6.29 Å². The largest absolute Gasteiger partial charge is 0.465 e. The highest BCUT2D eigenvalue weighted by atomic mass is 16.7. The Morgan fingerprint density at radius 3 is 2.48 bits per heavy atom. The lowest BCUT2D eigenvalue weighted by Crippen LogP contribution is -2.54. The summed E-state index contributed by atoms with van der Waals surface area (Å²) < 4.78 is 17.0. The Balaban J connectivity index is 1.55. The molecule has 0 aromatic heterocycles. The molecule has 2 saturated heterocycles. The van der Waals surface area contributed by atoms with E-state index in [1.807, 2.05) is 32.9 Å². The number of piperazine rings is 1.